The molecule has 3 aromatic rings. The van der Waals surface area contributed by atoms with Crippen LogP contribution < -0.4 is 10.7 Å². The van der Waals surface area contributed by atoms with Crippen molar-refractivity contribution < 1.29 is 9.21 Å². The number of rotatable bonds is 6. The van der Waals surface area contributed by atoms with Crippen molar-refractivity contribution >= 4 is 16.8 Å². The van der Waals surface area contributed by atoms with Gasteiger partial charge in [0.25, 0.3) is 0 Å². The molecule has 0 aliphatic rings. The first-order valence-corrected chi connectivity index (χ1v) is 7.90. The molecule has 24 heavy (non-hydrogen) atoms. The van der Waals surface area contributed by atoms with Gasteiger partial charge in [-0.2, -0.15) is 5.10 Å². The van der Waals surface area contributed by atoms with E-state index in [1.165, 1.54) is 6.20 Å². The molecule has 1 amide bonds. The highest BCUT2D eigenvalue weighted by atomic mass is 16.3. The van der Waals surface area contributed by atoms with Crippen molar-refractivity contribution in [3.05, 3.63) is 64.8 Å². The maximum Gasteiger partial charge on any atom is 0.241 e. The van der Waals surface area contributed by atoms with Gasteiger partial charge < -0.3 is 9.73 Å². The number of hydrogen-bond donors (Lipinski definition) is 1. The molecule has 0 aliphatic carbocycles. The normalized spacial score (nSPS) is 12.2. The Morgan fingerprint density at radius 3 is 2.92 bits per heavy atom. The van der Waals surface area contributed by atoms with Crippen LogP contribution in [0.15, 0.2) is 58.1 Å². The van der Waals surface area contributed by atoms with Crippen molar-refractivity contribution in [2.75, 3.05) is 0 Å². The van der Waals surface area contributed by atoms with Crippen LogP contribution in [-0.2, 0) is 17.8 Å². The first-order chi connectivity index (χ1) is 11.6. The molecule has 2 aromatic heterocycles. The number of nitrogens with one attached hydrogen (secondary N) is 1. The van der Waals surface area contributed by atoms with Gasteiger partial charge in [-0.3, -0.25) is 14.3 Å². The van der Waals surface area contributed by atoms with Gasteiger partial charge in [-0.15, -0.1) is 0 Å². The molecular weight excluding hydrogens is 306 g/mol. The van der Waals surface area contributed by atoms with Gasteiger partial charge in [-0.05, 0) is 37.6 Å². The van der Waals surface area contributed by atoms with Crippen LogP contribution in [0.5, 0.6) is 0 Å². The molecule has 0 fully saturated rings. The molecule has 0 aliphatic heterocycles. The number of benzene rings is 1. The number of amides is 1. The van der Waals surface area contributed by atoms with Crippen LogP contribution in [0.1, 0.15) is 19.1 Å². The third-order valence-corrected chi connectivity index (χ3v) is 3.87. The first kappa shape index (κ1) is 16.0. The standard InChI is InChI=1S/C18H19N3O3/c1-13(8-9-14-5-4-10-24-14)20-18(23)12-21-16-7-3-2-6-15(16)17(22)11-19-21/h2-7,10-11,13H,8-9,12H2,1H3,(H,20,23)/t13-/m1/s1. The van der Waals surface area contributed by atoms with E-state index in [0.717, 1.165) is 18.6 Å². The Balaban J connectivity index is 1.62. The highest BCUT2D eigenvalue weighted by Crippen LogP contribution is 2.08. The number of fused-ring (bicyclic) bond motifs is 1. The third-order valence-electron chi connectivity index (χ3n) is 3.87. The third kappa shape index (κ3) is 3.71. The average Bonchev–Trinajstić information content (AvgIpc) is 3.09. The van der Waals surface area contributed by atoms with Crippen molar-refractivity contribution in [1.29, 1.82) is 0 Å². The van der Waals surface area contributed by atoms with Gasteiger partial charge in [0.15, 0.2) is 0 Å². The molecule has 0 spiro atoms. The maximum absolute atomic E-state index is 12.2. The summed E-state index contributed by atoms with van der Waals surface area (Å²) in [5.41, 5.74) is 0.512. The van der Waals surface area contributed by atoms with E-state index in [9.17, 15) is 9.59 Å². The minimum Gasteiger partial charge on any atom is -0.469 e. The Morgan fingerprint density at radius 1 is 1.29 bits per heavy atom. The van der Waals surface area contributed by atoms with Gasteiger partial charge in [0.2, 0.25) is 11.3 Å². The quantitative estimate of drug-likeness (QED) is 0.753. The van der Waals surface area contributed by atoms with Gasteiger partial charge in [0, 0.05) is 17.8 Å². The molecule has 0 saturated carbocycles. The summed E-state index contributed by atoms with van der Waals surface area (Å²) in [6.45, 7) is 2.03. The fourth-order valence-electron chi connectivity index (χ4n) is 2.63. The van der Waals surface area contributed by atoms with E-state index < -0.39 is 0 Å². The van der Waals surface area contributed by atoms with E-state index in [0.29, 0.717) is 10.9 Å². The molecule has 2 heterocycles. The van der Waals surface area contributed by atoms with Crippen molar-refractivity contribution in [2.45, 2.75) is 32.4 Å². The summed E-state index contributed by atoms with van der Waals surface area (Å²) >= 11 is 0. The molecular formula is C18H19N3O3. The molecule has 6 heteroatoms. The first-order valence-electron chi connectivity index (χ1n) is 7.90. The van der Waals surface area contributed by atoms with Gasteiger partial charge in [-0.25, -0.2) is 0 Å². The highest BCUT2D eigenvalue weighted by molar-refractivity contribution is 5.81. The van der Waals surface area contributed by atoms with E-state index in [1.807, 2.05) is 25.1 Å². The van der Waals surface area contributed by atoms with Crippen LogP contribution >= 0.6 is 0 Å². The van der Waals surface area contributed by atoms with Crippen LogP contribution in [0.25, 0.3) is 10.9 Å². The summed E-state index contributed by atoms with van der Waals surface area (Å²) < 4.78 is 6.83. The molecule has 0 radical (unpaired) electrons. The lowest BCUT2D eigenvalue weighted by atomic mass is 10.1. The smallest absolute Gasteiger partial charge is 0.241 e. The summed E-state index contributed by atoms with van der Waals surface area (Å²) in [7, 11) is 0. The Morgan fingerprint density at radius 2 is 2.12 bits per heavy atom. The summed E-state index contributed by atoms with van der Waals surface area (Å²) in [6, 6.07) is 10.9. The van der Waals surface area contributed by atoms with Crippen LogP contribution in [-0.4, -0.2) is 21.7 Å². The number of carbonyl (C=O) groups excluding carboxylic acids is 1. The second-order valence-corrected chi connectivity index (χ2v) is 5.77. The zero-order valence-electron chi connectivity index (χ0n) is 13.4. The average molecular weight is 325 g/mol. The SMILES string of the molecule is C[C@H](CCc1ccco1)NC(=O)Cn1ncc(=O)c2ccccc21. The number of aromatic nitrogens is 2. The van der Waals surface area contributed by atoms with Crippen LogP contribution in [0.4, 0.5) is 0 Å². The van der Waals surface area contributed by atoms with Crippen molar-refractivity contribution in [1.82, 2.24) is 15.1 Å². The Bertz CT molecular complexity index is 884. The van der Waals surface area contributed by atoms with E-state index in [2.05, 4.69) is 10.4 Å². The van der Waals surface area contributed by atoms with E-state index in [1.54, 1.807) is 29.1 Å². The number of hydrogen-bond acceptors (Lipinski definition) is 4. The summed E-state index contributed by atoms with van der Waals surface area (Å²) in [5.74, 6) is 0.771. The predicted octanol–water partition coefficient (Wildman–Crippen LogP) is 2.13. The second-order valence-electron chi connectivity index (χ2n) is 5.77. The number of carbonyl (C=O) groups is 1. The van der Waals surface area contributed by atoms with Crippen LogP contribution in [0, 0.1) is 0 Å². The number of nitrogens with zero attached hydrogens (tertiary/aromatic N) is 2. The number of aryl methyl sites for hydroxylation is 1. The van der Waals surface area contributed by atoms with E-state index in [4.69, 9.17) is 4.42 Å². The van der Waals surface area contributed by atoms with Crippen molar-refractivity contribution in [3.8, 4) is 0 Å². The Labute approximate surface area is 139 Å². The summed E-state index contributed by atoms with van der Waals surface area (Å²) in [6.07, 6.45) is 4.45. The van der Waals surface area contributed by atoms with E-state index in [-0.39, 0.29) is 23.9 Å². The van der Waals surface area contributed by atoms with Gasteiger partial charge in [0.05, 0.1) is 18.0 Å². The summed E-state index contributed by atoms with van der Waals surface area (Å²) in [4.78, 5) is 24.0. The number of furan rings is 1. The summed E-state index contributed by atoms with van der Waals surface area (Å²) in [5, 5.41) is 7.58. The molecule has 6 nitrogen and oxygen atoms in total. The zero-order valence-corrected chi connectivity index (χ0v) is 13.4. The van der Waals surface area contributed by atoms with Crippen molar-refractivity contribution in [3.63, 3.8) is 0 Å². The lowest BCUT2D eigenvalue weighted by molar-refractivity contribution is -0.122. The van der Waals surface area contributed by atoms with Crippen LogP contribution in [0.2, 0.25) is 0 Å². The molecule has 0 bridgehead atoms. The van der Waals surface area contributed by atoms with Gasteiger partial charge in [0.1, 0.15) is 12.3 Å². The number of para-hydroxylation sites is 1. The molecule has 1 N–H and O–H groups in total. The Kier molecular flexibility index (Phi) is 4.74. The molecule has 1 atom stereocenters. The molecule has 3 rings (SSSR count). The molecule has 0 unspecified atom stereocenters. The van der Waals surface area contributed by atoms with Crippen molar-refractivity contribution in [2.24, 2.45) is 0 Å². The zero-order chi connectivity index (χ0) is 16.9. The Hall–Kier alpha value is -2.89. The lowest BCUT2D eigenvalue weighted by Gasteiger charge is -2.14. The molecule has 1 aromatic carbocycles. The van der Waals surface area contributed by atoms with Gasteiger partial charge >= 0.3 is 0 Å². The minimum absolute atomic E-state index is 0.0215. The maximum atomic E-state index is 12.2. The van der Waals surface area contributed by atoms with Crippen LogP contribution in [0.3, 0.4) is 0 Å². The largest absolute Gasteiger partial charge is 0.469 e. The van der Waals surface area contributed by atoms with Gasteiger partial charge in [-0.1, -0.05) is 12.1 Å². The molecule has 124 valence electrons. The minimum atomic E-state index is -0.144. The predicted molar refractivity (Wildman–Crippen MR) is 90.6 cm³/mol. The second kappa shape index (κ2) is 7.12. The fourth-order valence-corrected chi connectivity index (χ4v) is 2.63. The fraction of sp³-hybridized carbons (Fsp3) is 0.278. The lowest BCUT2D eigenvalue weighted by Crippen LogP contribution is -2.36. The van der Waals surface area contributed by atoms with E-state index >= 15 is 0 Å². The highest BCUT2D eigenvalue weighted by Gasteiger charge is 2.11. The topological polar surface area (TPSA) is 77.1 Å². The monoisotopic (exact) mass is 325 g/mol. The molecule has 0 saturated heterocycles.